The molecule has 3 aromatic rings. The summed E-state index contributed by atoms with van der Waals surface area (Å²) in [5.74, 6) is 1.58. The van der Waals surface area contributed by atoms with Crippen molar-refractivity contribution in [3.63, 3.8) is 0 Å². The maximum Gasteiger partial charge on any atom is 0.278 e. The number of hydrogen-bond acceptors (Lipinski definition) is 7. The topological polar surface area (TPSA) is 95.7 Å². The van der Waals surface area contributed by atoms with Gasteiger partial charge in [0.25, 0.3) is 5.88 Å². The average molecular weight is 395 g/mol. The third-order valence-electron chi connectivity index (χ3n) is 4.66. The van der Waals surface area contributed by atoms with Crippen LogP contribution in [0.5, 0.6) is 17.4 Å². The predicted octanol–water partition coefficient (Wildman–Crippen LogP) is 2.82. The van der Waals surface area contributed by atoms with Gasteiger partial charge in [-0.3, -0.25) is 4.79 Å². The number of nitrogens with zero attached hydrogens (tertiary/aromatic N) is 2. The van der Waals surface area contributed by atoms with Crippen LogP contribution >= 0.6 is 0 Å². The summed E-state index contributed by atoms with van der Waals surface area (Å²) in [5, 5.41) is 10.2. The van der Waals surface area contributed by atoms with E-state index in [1.807, 2.05) is 48.5 Å². The fourth-order valence-electron chi connectivity index (χ4n) is 3.19. The minimum atomic E-state index is -0.103. The molecule has 0 saturated carbocycles. The standard InChI is InChI=1S/C21H21N3O5/c1-14-21(24-29-23-14)26-10-9-22-20(25)12-17(15-5-3-2-4-6-15)16-7-8-18-19(11-16)28-13-27-18/h2-8,11,17H,9-10,12-13H2,1H3,(H,22,25)/t17-/m0/s1. The number of fused-ring (bicyclic) bond motifs is 1. The van der Waals surface area contributed by atoms with E-state index in [9.17, 15) is 4.79 Å². The van der Waals surface area contributed by atoms with Gasteiger partial charge in [0.2, 0.25) is 12.7 Å². The Morgan fingerprint density at radius 3 is 2.72 bits per heavy atom. The normalized spacial score (nSPS) is 13.1. The Bertz CT molecular complexity index is 973. The second kappa shape index (κ2) is 8.64. The lowest BCUT2D eigenvalue weighted by atomic mass is 9.88. The molecule has 0 bridgehead atoms. The first-order valence-corrected chi connectivity index (χ1v) is 9.34. The summed E-state index contributed by atoms with van der Waals surface area (Å²) in [6.07, 6.45) is 0.300. The molecule has 0 unspecified atom stereocenters. The van der Waals surface area contributed by atoms with Crippen molar-refractivity contribution in [3.8, 4) is 17.4 Å². The van der Waals surface area contributed by atoms with E-state index in [1.165, 1.54) is 0 Å². The van der Waals surface area contributed by atoms with E-state index in [-0.39, 0.29) is 25.2 Å². The molecule has 1 aromatic heterocycles. The second-order valence-corrected chi connectivity index (χ2v) is 6.63. The molecule has 1 amide bonds. The van der Waals surface area contributed by atoms with Crippen molar-refractivity contribution < 1.29 is 23.6 Å². The van der Waals surface area contributed by atoms with Gasteiger partial charge in [0.1, 0.15) is 12.3 Å². The quantitative estimate of drug-likeness (QED) is 0.586. The third-order valence-corrected chi connectivity index (χ3v) is 4.66. The molecule has 1 N–H and O–H groups in total. The summed E-state index contributed by atoms with van der Waals surface area (Å²) in [7, 11) is 0. The number of aryl methyl sites for hydroxylation is 1. The lowest BCUT2D eigenvalue weighted by Crippen LogP contribution is -2.29. The Morgan fingerprint density at radius 1 is 1.10 bits per heavy atom. The lowest BCUT2D eigenvalue weighted by Gasteiger charge is -2.18. The summed E-state index contributed by atoms with van der Waals surface area (Å²) in [6.45, 7) is 2.59. The number of nitrogens with one attached hydrogen (secondary N) is 1. The number of carbonyl (C=O) groups excluding carboxylic acids is 1. The van der Waals surface area contributed by atoms with Crippen LogP contribution in [0.1, 0.15) is 29.2 Å². The molecule has 1 atom stereocenters. The van der Waals surface area contributed by atoms with Crippen LogP contribution in [0.3, 0.4) is 0 Å². The zero-order valence-corrected chi connectivity index (χ0v) is 16.0. The van der Waals surface area contributed by atoms with Crippen molar-refractivity contribution in [2.75, 3.05) is 19.9 Å². The maximum absolute atomic E-state index is 12.6. The molecule has 0 spiro atoms. The van der Waals surface area contributed by atoms with Crippen molar-refractivity contribution >= 4 is 5.91 Å². The smallest absolute Gasteiger partial charge is 0.278 e. The second-order valence-electron chi connectivity index (χ2n) is 6.63. The summed E-state index contributed by atoms with van der Waals surface area (Å²) >= 11 is 0. The monoisotopic (exact) mass is 395 g/mol. The van der Waals surface area contributed by atoms with Gasteiger partial charge < -0.3 is 19.5 Å². The fraction of sp³-hybridized carbons (Fsp3) is 0.286. The van der Waals surface area contributed by atoms with Crippen LogP contribution in [0.2, 0.25) is 0 Å². The largest absolute Gasteiger partial charge is 0.472 e. The van der Waals surface area contributed by atoms with E-state index in [4.69, 9.17) is 14.2 Å². The van der Waals surface area contributed by atoms with Crippen molar-refractivity contribution in [2.45, 2.75) is 19.3 Å². The molecular weight excluding hydrogens is 374 g/mol. The molecule has 0 aliphatic carbocycles. The molecule has 0 saturated heterocycles. The number of hydrogen-bond donors (Lipinski definition) is 1. The summed E-state index contributed by atoms with van der Waals surface area (Å²) in [6, 6.07) is 15.7. The molecule has 1 aliphatic rings. The number of ether oxygens (including phenoxy) is 3. The van der Waals surface area contributed by atoms with E-state index in [0.717, 1.165) is 16.9 Å². The molecule has 0 radical (unpaired) electrons. The van der Waals surface area contributed by atoms with Crippen LogP contribution in [0.15, 0.2) is 53.2 Å². The van der Waals surface area contributed by atoms with E-state index in [1.54, 1.807) is 6.92 Å². The van der Waals surface area contributed by atoms with Gasteiger partial charge in [-0.15, -0.1) is 0 Å². The third kappa shape index (κ3) is 4.48. The highest BCUT2D eigenvalue weighted by Crippen LogP contribution is 2.37. The first kappa shape index (κ1) is 18.8. The lowest BCUT2D eigenvalue weighted by molar-refractivity contribution is -0.121. The zero-order chi connectivity index (χ0) is 20.1. The van der Waals surface area contributed by atoms with Crippen molar-refractivity contribution in [2.24, 2.45) is 0 Å². The minimum Gasteiger partial charge on any atom is -0.472 e. The predicted molar refractivity (Wildman–Crippen MR) is 103 cm³/mol. The van der Waals surface area contributed by atoms with Crippen LogP contribution in [-0.4, -0.2) is 36.2 Å². The number of aromatic nitrogens is 2. The minimum absolute atomic E-state index is 0.0740. The van der Waals surface area contributed by atoms with Crippen molar-refractivity contribution in [1.82, 2.24) is 15.6 Å². The summed E-state index contributed by atoms with van der Waals surface area (Å²) in [4.78, 5) is 12.6. The molecule has 2 aromatic carbocycles. The van der Waals surface area contributed by atoms with Crippen LogP contribution in [0, 0.1) is 6.92 Å². The van der Waals surface area contributed by atoms with Crippen molar-refractivity contribution in [3.05, 3.63) is 65.4 Å². The number of carbonyl (C=O) groups is 1. The summed E-state index contributed by atoms with van der Waals surface area (Å²) in [5.41, 5.74) is 2.63. The fourth-order valence-corrected chi connectivity index (χ4v) is 3.19. The average Bonchev–Trinajstić information content (AvgIpc) is 3.38. The number of amides is 1. The maximum atomic E-state index is 12.6. The highest BCUT2D eigenvalue weighted by atomic mass is 16.7. The number of rotatable bonds is 8. The van der Waals surface area contributed by atoms with E-state index >= 15 is 0 Å². The van der Waals surface area contributed by atoms with Gasteiger partial charge in [0.15, 0.2) is 11.5 Å². The van der Waals surface area contributed by atoms with E-state index in [0.29, 0.717) is 30.3 Å². The van der Waals surface area contributed by atoms with E-state index < -0.39 is 0 Å². The van der Waals surface area contributed by atoms with Crippen LogP contribution in [0.4, 0.5) is 0 Å². The Morgan fingerprint density at radius 2 is 1.93 bits per heavy atom. The highest BCUT2D eigenvalue weighted by Gasteiger charge is 2.22. The van der Waals surface area contributed by atoms with Gasteiger partial charge in [-0.2, -0.15) is 0 Å². The van der Waals surface area contributed by atoms with Crippen LogP contribution in [-0.2, 0) is 4.79 Å². The molecule has 150 valence electrons. The van der Waals surface area contributed by atoms with Crippen LogP contribution < -0.4 is 19.5 Å². The Balaban J connectivity index is 1.40. The molecule has 8 heteroatoms. The molecule has 1 aliphatic heterocycles. The summed E-state index contributed by atoms with van der Waals surface area (Å²) < 4.78 is 20.9. The van der Waals surface area contributed by atoms with Gasteiger partial charge in [-0.05, 0) is 35.3 Å². The van der Waals surface area contributed by atoms with Gasteiger partial charge in [0.05, 0.1) is 6.54 Å². The molecule has 8 nitrogen and oxygen atoms in total. The Hall–Kier alpha value is -3.55. The SMILES string of the molecule is Cc1nonc1OCCNC(=O)C[C@@H](c1ccccc1)c1ccc2c(c1)OCO2. The Kier molecular flexibility index (Phi) is 5.60. The van der Waals surface area contributed by atoms with Gasteiger partial charge >= 0.3 is 0 Å². The molecule has 29 heavy (non-hydrogen) atoms. The van der Waals surface area contributed by atoms with E-state index in [2.05, 4.69) is 20.3 Å². The van der Waals surface area contributed by atoms with Gasteiger partial charge in [0, 0.05) is 12.3 Å². The first-order chi connectivity index (χ1) is 14.2. The van der Waals surface area contributed by atoms with Gasteiger partial charge in [-0.1, -0.05) is 41.6 Å². The molecule has 0 fully saturated rings. The Labute approximate surface area is 167 Å². The highest BCUT2D eigenvalue weighted by molar-refractivity contribution is 5.77. The van der Waals surface area contributed by atoms with Crippen molar-refractivity contribution in [1.29, 1.82) is 0 Å². The zero-order valence-electron chi connectivity index (χ0n) is 16.0. The molecule has 2 heterocycles. The van der Waals surface area contributed by atoms with Crippen LogP contribution in [0.25, 0.3) is 0 Å². The first-order valence-electron chi connectivity index (χ1n) is 9.34. The number of benzene rings is 2. The molecular formula is C21H21N3O5. The van der Waals surface area contributed by atoms with Gasteiger partial charge in [-0.25, -0.2) is 4.63 Å². The molecule has 4 rings (SSSR count).